The quantitative estimate of drug-likeness (QED) is 0.741. The normalized spacial score (nSPS) is 12.2. The lowest BCUT2D eigenvalue weighted by molar-refractivity contribution is -0.134. The molecule has 74 valence electrons. The Labute approximate surface area is 78.7 Å². The van der Waals surface area contributed by atoms with Crippen LogP contribution < -0.4 is 0 Å². The van der Waals surface area contributed by atoms with Gasteiger partial charge >= 0.3 is 5.97 Å². The van der Waals surface area contributed by atoms with E-state index in [-0.39, 0.29) is 11.1 Å². The van der Waals surface area contributed by atoms with Gasteiger partial charge in [-0.1, -0.05) is 0 Å². The van der Waals surface area contributed by atoms with Crippen LogP contribution in [0.15, 0.2) is 24.3 Å². The van der Waals surface area contributed by atoms with Gasteiger partial charge in [0.15, 0.2) is 0 Å². The highest BCUT2D eigenvalue weighted by atomic mass is 19.1. The van der Waals surface area contributed by atoms with Crippen LogP contribution >= 0.6 is 0 Å². The zero-order valence-corrected chi connectivity index (χ0v) is 7.29. The number of carbonyl (C=O) groups is 1. The summed E-state index contributed by atoms with van der Waals surface area (Å²) in [6.07, 6.45) is 2.15. The van der Waals surface area contributed by atoms with E-state index in [1.54, 1.807) is 0 Å². The third-order valence-corrected chi connectivity index (χ3v) is 1.65. The Hall–Kier alpha value is -1.78. The highest BCUT2D eigenvalue weighted by Gasteiger charge is 2.12. The van der Waals surface area contributed by atoms with Crippen molar-refractivity contribution in [2.24, 2.45) is 0 Å². The van der Waals surface area contributed by atoms with Crippen LogP contribution in [0.5, 0.6) is 0 Å². The first-order chi connectivity index (χ1) is 6.52. The lowest BCUT2D eigenvalue weighted by Gasteiger charge is -2.00. The predicted molar refractivity (Wildman–Crippen MR) is 45.5 cm³/mol. The SMILES string of the molecule is C/C(=C(/F)C(=O)O)c1cncc(F)c1. The molecule has 0 atom stereocenters. The number of carboxylic acid groups (broad SMARTS) is 1. The van der Waals surface area contributed by atoms with Crippen molar-refractivity contribution < 1.29 is 18.7 Å². The van der Waals surface area contributed by atoms with E-state index in [0.29, 0.717) is 0 Å². The molecular weight excluding hydrogens is 192 g/mol. The summed E-state index contributed by atoms with van der Waals surface area (Å²) in [7, 11) is 0. The maximum atomic E-state index is 12.9. The van der Waals surface area contributed by atoms with Crippen molar-refractivity contribution in [3.63, 3.8) is 0 Å². The van der Waals surface area contributed by atoms with Crippen molar-refractivity contribution in [3.05, 3.63) is 35.7 Å². The molecule has 1 N–H and O–H groups in total. The molecule has 0 saturated heterocycles. The lowest BCUT2D eigenvalue weighted by atomic mass is 10.1. The first kappa shape index (κ1) is 10.3. The largest absolute Gasteiger partial charge is 0.476 e. The molecule has 0 unspecified atom stereocenters. The van der Waals surface area contributed by atoms with E-state index in [4.69, 9.17) is 5.11 Å². The fourth-order valence-corrected chi connectivity index (χ4v) is 0.904. The summed E-state index contributed by atoms with van der Waals surface area (Å²) in [6, 6.07) is 1.02. The van der Waals surface area contributed by atoms with Gasteiger partial charge in [0.05, 0.1) is 6.20 Å². The second-order valence-electron chi connectivity index (χ2n) is 2.64. The number of rotatable bonds is 2. The highest BCUT2D eigenvalue weighted by Crippen LogP contribution is 2.18. The molecule has 0 spiro atoms. The van der Waals surface area contributed by atoms with Gasteiger partial charge < -0.3 is 5.11 Å². The average Bonchev–Trinajstić information content (AvgIpc) is 2.15. The van der Waals surface area contributed by atoms with Crippen LogP contribution in [0.1, 0.15) is 12.5 Å². The Bertz CT molecular complexity index is 402. The van der Waals surface area contributed by atoms with Crippen LogP contribution in [-0.2, 0) is 4.79 Å². The molecular formula is C9H7F2NO2. The number of nitrogens with zero attached hydrogens (tertiary/aromatic N) is 1. The Morgan fingerprint density at radius 3 is 2.64 bits per heavy atom. The third kappa shape index (κ3) is 2.12. The first-order valence-corrected chi connectivity index (χ1v) is 3.73. The monoisotopic (exact) mass is 199 g/mol. The number of aliphatic carboxylic acids is 1. The van der Waals surface area contributed by atoms with Gasteiger partial charge in [0.1, 0.15) is 5.82 Å². The minimum absolute atomic E-state index is 0.116. The molecule has 0 aliphatic carbocycles. The molecule has 5 heteroatoms. The van der Waals surface area contributed by atoms with Crippen LogP contribution in [0.2, 0.25) is 0 Å². The second kappa shape index (κ2) is 3.95. The van der Waals surface area contributed by atoms with Gasteiger partial charge in [-0.15, -0.1) is 0 Å². The molecule has 0 aliphatic rings. The Morgan fingerprint density at radius 1 is 1.50 bits per heavy atom. The lowest BCUT2D eigenvalue weighted by Crippen LogP contribution is -1.98. The van der Waals surface area contributed by atoms with E-state index in [2.05, 4.69) is 4.98 Å². The van der Waals surface area contributed by atoms with Gasteiger partial charge in [0.25, 0.3) is 0 Å². The Balaban J connectivity index is 3.18. The van der Waals surface area contributed by atoms with Crippen LogP contribution in [0.3, 0.4) is 0 Å². The molecule has 0 radical (unpaired) electrons. The standard InChI is InChI=1S/C9H7F2NO2/c1-5(8(11)9(13)14)6-2-7(10)4-12-3-6/h2-4H,1H3,(H,13,14)/b8-5-. The van der Waals surface area contributed by atoms with Crippen molar-refractivity contribution in [1.29, 1.82) is 0 Å². The highest BCUT2D eigenvalue weighted by molar-refractivity contribution is 5.93. The van der Waals surface area contributed by atoms with Crippen molar-refractivity contribution in [1.82, 2.24) is 4.98 Å². The maximum absolute atomic E-state index is 12.9. The fourth-order valence-electron chi connectivity index (χ4n) is 0.904. The van der Waals surface area contributed by atoms with Gasteiger partial charge in [-0.3, -0.25) is 4.98 Å². The number of allylic oxidation sites excluding steroid dienone is 1. The van der Waals surface area contributed by atoms with Gasteiger partial charge in [-0.2, -0.15) is 4.39 Å². The topological polar surface area (TPSA) is 50.2 Å². The number of carboxylic acids is 1. The number of hydrogen-bond acceptors (Lipinski definition) is 2. The zero-order valence-electron chi connectivity index (χ0n) is 7.29. The van der Waals surface area contributed by atoms with Crippen molar-refractivity contribution in [2.75, 3.05) is 0 Å². The summed E-state index contributed by atoms with van der Waals surface area (Å²) in [5, 5.41) is 8.34. The summed E-state index contributed by atoms with van der Waals surface area (Å²) in [4.78, 5) is 13.7. The molecule has 0 saturated carbocycles. The van der Waals surface area contributed by atoms with Gasteiger partial charge in [0.2, 0.25) is 5.83 Å². The summed E-state index contributed by atoms with van der Waals surface area (Å²) in [6.45, 7) is 1.25. The minimum atomic E-state index is -1.67. The number of hydrogen-bond donors (Lipinski definition) is 1. The van der Waals surface area contributed by atoms with E-state index in [1.165, 1.54) is 13.1 Å². The third-order valence-electron chi connectivity index (χ3n) is 1.65. The fraction of sp³-hybridized carbons (Fsp3) is 0.111. The van der Waals surface area contributed by atoms with E-state index in [1.807, 2.05) is 0 Å². The number of aromatic nitrogens is 1. The molecule has 14 heavy (non-hydrogen) atoms. The molecule has 3 nitrogen and oxygen atoms in total. The van der Waals surface area contributed by atoms with Gasteiger partial charge in [-0.05, 0) is 13.0 Å². The second-order valence-corrected chi connectivity index (χ2v) is 2.64. The summed E-state index contributed by atoms with van der Waals surface area (Å²) < 4.78 is 25.5. The van der Waals surface area contributed by atoms with E-state index in [9.17, 15) is 13.6 Å². The number of halogens is 2. The Kier molecular flexibility index (Phi) is 2.91. The molecule has 0 bridgehead atoms. The smallest absolute Gasteiger partial charge is 0.365 e. The maximum Gasteiger partial charge on any atom is 0.365 e. The zero-order chi connectivity index (χ0) is 10.7. The Morgan fingerprint density at radius 2 is 2.14 bits per heavy atom. The molecule has 0 fully saturated rings. The van der Waals surface area contributed by atoms with Crippen LogP contribution in [0.4, 0.5) is 8.78 Å². The van der Waals surface area contributed by atoms with Gasteiger partial charge in [0, 0.05) is 17.3 Å². The van der Waals surface area contributed by atoms with E-state index in [0.717, 1.165) is 12.3 Å². The predicted octanol–water partition coefficient (Wildman–Crippen LogP) is 2.01. The summed E-state index contributed by atoms with van der Waals surface area (Å²) in [5.41, 5.74) is -0.0330. The van der Waals surface area contributed by atoms with Crippen LogP contribution in [0.25, 0.3) is 5.57 Å². The molecule has 1 heterocycles. The van der Waals surface area contributed by atoms with Crippen molar-refractivity contribution in [2.45, 2.75) is 6.92 Å². The summed E-state index contributed by atoms with van der Waals surface area (Å²) in [5.74, 6) is -3.62. The number of pyridine rings is 1. The van der Waals surface area contributed by atoms with Crippen LogP contribution in [0, 0.1) is 5.82 Å². The van der Waals surface area contributed by atoms with Crippen LogP contribution in [-0.4, -0.2) is 16.1 Å². The molecule has 1 aromatic heterocycles. The van der Waals surface area contributed by atoms with E-state index >= 15 is 0 Å². The molecule has 0 aromatic carbocycles. The minimum Gasteiger partial charge on any atom is -0.476 e. The van der Waals surface area contributed by atoms with Gasteiger partial charge in [-0.25, -0.2) is 9.18 Å². The molecule has 0 amide bonds. The van der Waals surface area contributed by atoms with E-state index < -0.39 is 17.6 Å². The summed E-state index contributed by atoms with van der Waals surface area (Å²) >= 11 is 0. The van der Waals surface area contributed by atoms with Crippen molar-refractivity contribution >= 4 is 11.5 Å². The molecule has 1 aromatic rings. The molecule has 1 rings (SSSR count). The first-order valence-electron chi connectivity index (χ1n) is 3.73. The van der Waals surface area contributed by atoms with Crippen molar-refractivity contribution in [3.8, 4) is 0 Å². The average molecular weight is 199 g/mol. The molecule has 0 aliphatic heterocycles.